The van der Waals surface area contributed by atoms with Gasteiger partial charge in [0.05, 0.1) is 28.7 Å². The van der Waals surface area contributed by atoms with Crippen LogP contribution in [0.2, 0.25) is 0 Å². The first-order chi connectivity index (χ1) is 16.9. The highest BCUT2D eigenvalue weighted by Gasteiger charge is 2.16. The largest absolute Gasteiger partial charge is 0.383 e. The molecule has 0 bridgehead atoms. The van der Waals surface area contributed by atoms with Crippen molar-refractivity contribution >= 4 is 56.4 Å². The van der Waals surface area contributed by atoms with Crippen LogP contribution in [0.1, 0.15) is 15.9 Å². The second-order valence-corrected chi connectivity index (χ2v) is 8.35. The van der Waals surface area contributed by atoms with Gasteiger partial charge in [-0.15, -0.1) is 0 Å². The summed E-state index contributed by atoms with van der Waals surface area (Å²) in [6, 6.07) is 15.0. The van der Waals surface area contributed by atoms with Crippen molar-refractivity contribution in [2.24, 2.45) is 0 Å². The second kappa shape index (κ2) is 8.86. The molecule has 9 nitrogen and oxygen atoms in total. The van der Waals surface area contributed by atoms with Gasteiger partial charge in [0.2, 0.25) is 0 Å². The molecule has 1 amide bonds. The van der Waals surface area contributed by atoms with E-state index in [0.717, 1.165) is 27.8 Å². The molecule has 9 heteroatoms. The first-order valence-electron chi connectivity index (χ1n) is 11.0. The van der Waals surface area contributed by atoms with Gasteiger partial charge in [0.25, 0.3) is 5.91 Å². The monoisotopic (exact) mass is 464 g/mol. The van der Waals surface area contributed by atoms with Crippen molar-refractivity contribution in [2.45, 2.75) is 6.92 Å². The number of carbonyl (C=O) groups excluding carboxylic acids is 1. The van der Waals surface area contributed by atoms with Crippen molar-refractivity contribution in [1.82, 2.24) is 19.9 Å². The molecule has 5 rings (SSSR count). The number of pyridine rings is 2. The number of para-hydroxylation sites is 1. The number of hydrogen-bond donors (Lipinski definition) is 3. The van der Waals surface area contributed by atoms with E-state index < -0.39 is 0 Å². The number of nitrogen functional groups attached to an aromatic ring is 1. The molecular formula is C26H24N8O. The molecule has 3 aromatic heterocycles. The Labute approximate surface area is 202 Å². The Morgan fingerprint density at radius 2 is 1.77 bits per heavy atom. The Hall–Kier alpha value is -4.79. The van der Waals surface area contributed by atoms with E-state index in [0.29, 0.717) is 33.8 Å². The molecular weight excluding hydrogens is 440 g/mol. The predicted molar refractivity (Wildman–Crippen MR) is 140 cm³/mol. The quantitative estimate of drug-likeness (QED) is 0.347. The number of anilines is 5. The summed E-state index contributed by atoms with van der Waals surface area (Å²) in [6.07, 6.45) is 4.84. The van der Waals surface area contributed by atoms with Gasteiger partial charge in [0, 0.05) is 36.5 Å². The Morgan fingerprint density at radius 1 is 0.914 bits per heavy atom. The normalized spacial score (nSPS) is 10.9. The van der Waals surface area contributed by atoms with Gasteiger partial charge >= 0.3 is 0 Å². The number of nitrogens with two attached hydrogens (primary N) is 1. The van der Waals surface area contributed by atoms with Gasteiger partial charge in [-0.1, -0.05) is 18.2 Å². The predicted octanol–water partition coefficient (Wildman–Crippen LogP) is 4.53. The van der Waals surface area contributed by atoms with E-state index in [1.165, 1.54) is 6.33 Å². The minimum Gasteiger partial charge on any atom is -0.383 e. The molecule has 0 aliphatic heterocycles. The summed E-state index contributed by atoms with van der Waals surface area (Å²) in [6.45, 7) is 1.95. The highest BCUT2D eigenvalue weighted by Crippen LogP contribution is 2.33. The number of hydrogen-bond acceptors (Lipinski definition) is 8. The third-order valence-electron chi connectivity index (χ3n) is 5.80. The highest BCUT2D eigenvalue weighted by molar-refractivity contribution is 6.16. The minimum atomic E-state index is -0.279. The van der Waals surface area contributed by atoms with E-state index in [9.17, 15) is 4.79 Å². The number of benzene rings is 2. The molecule has 174 valence electrons. The maximum atomic E-state index is 13.3. The van der Waals surface area contributed by atoms with Crippen LogP contribution in [-0.2, 0) is 0 Å². The number of rotatable bonds is 5. The van der Waals surface area contributed by atoms with Crippen LogP contribution in [0.3, 0.4) is 0 Å². The molecule has 0 saturated carbocycles. The number of nitrogens with one attached hydrogen (secondary N) is 2. The van der Waals surface area contributed by atoms with Crippen LogP contribution in [-0.4, -0.2) is 39.9 Å². The summed E-state index contributed by atoms with van der Waals surface area (Å²) in [5.41, 5.74) is 9.35. The standard InChI is InChI=1S/C26H24N8O/c1-15-7-9-18-17(11-12-28-25(18)32-16-8-10-21(29-13-16)34(2)3)22(15)33-26(35)20-6-4-5-19-23(20)30-14-31-24(19)27/h4-14H,1-3H3,(H,28,32)(H,33,35)(H2,27,30,31). The first kappa shape index (κ1) is 22.0. The van der Waals surface area contributed by atoms with Gasteiger partial charge in [-0.25, -0.2) is 19.9 Å². The fraction of sp³-hybridized carbons (Fsp3) is 0.115. The van der Waals surface area contributed by atoms with Crippen LogP contribution < -0.4 is 21.3 Å². The van der Waals surface area contributed by atoms with Gasteiger partial charge in [-0.3, -0.25) is 4.79 Å². The van der Waals surface area contributed by atoms with E-state index in [-0.39, 0.29) is 5.91 Å². The maximum Gasteiger partial charge on any atom is 0.257 e. The lowest BCUT2D eigenvalue weighted by molar-refractivity contribution is 0.102. The average Bonchev–Trinajstić information content (AvgIpc) is 2.86. The van der Waals surface area contributed by atoms with Crippen molar-refractivity contribution in [2.75, 3.05) is 35.4 Å². The molecule has 0 aliphatic carbocycles. The lowest BCUT2D eigenvalue weighted by Crippen LogP contribution is -2.14. The van der Waals surface area contributed by atoms with Crippen LogP contribution in [0.15, 0.2) is 67.3 Å². The van der Waals surface area contributed by atoms with Crippen LogP contribution in [0.4, 0.5) is 28.8 Å². The summed E-state index contributed by atoms with van der Waals surface area (Å²) < 4.78 is 0. The molecule has 0 saturated heterocycles. The molecule has 0 fully saturated rings. The van der Waals surface area contributed by atoms with Crippen molar-refractivity contribution in [1.29, 1.82) is 0 Å². The zero-order valence-corrected chi connectivity index (χ0v) is 19.6. The first-order valence-corrected chi connectivity index (χ1v) is 11.0. The summed E-state index contributed by atoms with van der Waals surface area (Å²) in [7, 11) is 3.89. The zero-order valence-electron chi connectivity index (χ0n) is 19.6. The summed E-state index contributed by atoms with van der Waals surface area (Å²) in [5, 5.41) is 8.79. The molecule has 0 atom stereocenters. The molecule has 0 spiro atoms. The SMILES string of the molecule is Cc1ccc2c(Nc3ccc(N(C)C)nc3)nccc2c1NC(=O)c1cccc2c(N)ncnc12. The maximum absolute atomic E-state index is 13.3. The van der Waals surface area contributed by atoms with Gasteiger partial charge in [0.1, 0.15) is 23.8 Å². The topological polar surface area (TPSA) is 122 Å². The van der Waals surface area contributed by atoms with Crippen molar-refractivity contribution < 1.29 is 4.79 Å². The van der Waals surface area contributed by atoms with Gasteiger partial charge < -0.3 is 21.3 Å². The number of aromatic nitrogens is 4. The third-order valence-corrected chi connectivity index (χ3v) is 5.80. The highest BCUT2D eigenvalue weighted by atomic mass is 16.1. The molecule has 0 radical (unpaired) electrons. The van der Waals surface area contributed by atoms with Gasteiger partial charge in [0.15, 0.2) is 0 Å². The van der Waals surface area contributed by atoms with Crippen LogP contribution in [0, 0.1) is 6.92 Å². The van der Waals surface area contributed by atoms with Crippen molar-refractivity contribution in [3.63, 3.8) is 0 Å². The van der Waals surface area contributed by atoms with E-state index in [2.05, 4.69) is 30.6 Å². The van der Waals surface area contributed by atoms with Crippen LogP contribution in [0.25, 0.3) is 21.7 Å². The molecule has 5 aromatic rings. The van der Waals surface area contributed by atoms with Crippen LogP contribution in [0.5, 0.6) is 0 Å². The molecule has 0 aliphatic rings. The Bertz CT molecular complexity index is 1560. The fourth-order valence-corrected chi connectivity index (χ4v) is 3.96. The lowest BCUT2D eigenvalue weighted by atomic mass is 10.0. The van der Waals surface area contributed by atoms with Crippen molar-refractivity contribution in [3.8, 4) is 0 Å². The minimum absolute atomic E-state index is 0.279. The Morgan fingerprint density at radius 3 is 2.54 bits per heavy atom. The van der Waals surface area contributed by atoms with Crippen LogP contribution >= 0.6 is 0 Å². The molecule has 35 heavy (non-hydrogen) atoms. The summed E-state index contributed by atoms with van der Waals surface area (Å²) >= 11 is 0. The van der Waals surface area contributed by atoms with Crippen molar-refractivity contribution in [3.05, 3.63) is 78.4 Å². The van der Waals surface area contributed by atoms with E-state index in [1.807, 2.05) is 56.3 Å². The van der Waals surface area contributed by atoms with E-state index in [4.69, 9.17) is 5.73 Å². The Balaban J connectivity index is 1.51. The second-order valence-electron chi connectivity index (χ2n) is 8.35. The average molecular weight is 465 g/mol. The summed E-state index contributed by atoms with van der Waals surface area (Å²) in [4.78, 5) is 32.6. The zero-order chi connectivity index (χ0) is 24.5. The van der Waals surface area contributed by atoms with Gasteiger partial charge in [-0.2, -0.15) is 0 Å². The smallest absolute Gasteiger partial charge is 0.257 e. The lowest BCUT2D eigenvalue weighted by Gasteiger charge is -2.16. The Kier molecular flexibility index (Phi) is 5.58. The number of fused-ring (bicyclic) bond motifs is 2. The molecule has 2 aromatic carbocycles. The number of amides is 1. The number of aryl methyl sites for hydroxylation is 1. The number of nitrogens with zero attached hydrogens (tertiary/aromatic N) is 5. The fourth-order valence-electron chi connectivity index (χ4n) is 3.96. The molecule has 4 N–H and O–H groups in total. The summed E-state index contributed by atoms with van der Waals surface area (Å²) in [5.74, 6) is 1.59. The third kappa shape index (κ3) is 4.15. The van der Waals surface area contributed by atoms with Gasteiger partial charge in [-0.05, 0) is 42.8 Å². The number of carbonyl (C=O) groups is 1. The van der Waals surface area contributed by atoms with E-state index >= 15 is 0 Å². The molecule has 3 heterocycles. The van der Waals surface area contributed by atoms with E-state index in [1.54, 1.807) is 30.6 Å². The molecule has 0 unspecified atom stereocenters.